The van der Waals surface area contributed by atoms with Crippen LogP contribution in [0.1, 0.15) is 38.5 Å². The van der Waals surface area contributed by atoms with Crippen molar-refractivity contribution in [1.29, 1.82) is 0 Å². The predicted molar refractivity (Wildman–Crippen MR) is 54.9 cm³/mol. The molecule has 2 heteroatoms. The molecule has 0 heterocycles. The van der Waals surface area contributed by atoms with E-state index >= 15 is 0 Å². The number of fused-ring (bicyclic) bond motifs is 1. The van der Waals surface area contributed by atoms with Gasteiger partial charge in [0.2, 0.25) is 0 Å². The Labute approximate surface area is 85.0 Å². The van der Waals surface area contributed by atoms with Crippen molar-refractivity contribution in [3.63, 3.8) is 0 Å². The zero-order valence-corrected chi connectivity index (χ0v) is 8.54. The normalized spacial score (nSPS) is 37.7. The highest BCUT2D eigenvalue weighted by Gasteiger charge is 2.39. The van der Waals surface area contributed by atoms with Gasteiger partial charge in [0.05, 0.1) is 5.92 Å². The quantitative estimate of drug-likeness (QED) is 0.652. The van der Waals surface area contributed by atoms with Crippen molar-refractivity contribution in [2.75, 3.05) is 0 Å². The topological polar surface area (TPSA) is 37.3 Å². The monoisotopic (exact) mass is 194 g/mol. The van der Waals surface area contributed by atoms with E-state index in [0.717, 1.165) is 19.3 Å². The molecule has 3 unspecified atom stereocenters. The number of hydrogen-bond acceptors (Lipinski definition) is 1. The summed E-state index contributed by atoms with van der Waals surface area (Å²) in [4.78, 5) is 11.1. The lowest BCUT2D eigenvalue weighted by Crippen LogP contribution is -2.36. The van der Waals surface area contributed by atoms with Gasteiger partial charge in [-0.3, -0.25) is 4.79 Å². The summed E-state index contributed by atoms with van der Waals surface area (Å²) in [6.07, 6.45) is 6.48. The Morgan fingerprint density at radius 1 is 1.29 bits per heavy atom. The standard InChI is InChI=1S/C12H18O2/c1-8-6-7-11(12(13)14)10-5-3-2-4-9(8)10/h9-11H,1-7H2,(H,13,14). The Hall–Kier alpha value is -0.790. The van der Waals surface area contributed by atoms with Crippen molar-refractivity contribution in [2.45, 2.75) is 38.5 Å². The van der Waals surface area contributed by atoms with E-state index in [1.807, 2.05) is 0 Å². The Morgan fingerprint density at radius 2 is 2.00 bits per heavy atom. The summed E-state index contributed by atoms with van der Waals surface area (Å²) in [7, 11) is 0. The largest absolute Gasteiger partial charge is 0.481 e. The number of allylic oxidation sites excluding steroid dienone is 1. The second kappa shape index (κ2) is 3.76. The molecular formula is C12H18O2. The summed E-state index contributed by atoms with van der Waals surface area (Å²) in [6, 6.07) is 0. The molecule has 2 aliphatic carbocycles. The molecule has 0 aromatic carbocycles. The number of aliphatic carboxylic acids is 1. The van der Waals surface area contributed by atoms with Crippen molar-refractivity contribution < 1.29 is 9.90 Å². The Balaban J connectivity index is 2.16. The fraction of sp³-hybridized carbons (Fsp3) is 0.750. The second-order valence-corrected chi connectivity index (χ2v) is 4.70. The summed E-state index contributed by atoms with van der Waals surface area (Å²) in [5.41, 5.74) is 1.31. The minimum absolute atomic E-state index is 0.0919. The minimum Gasteiger partial charge on any atom is -0.481 e. The summed E-state index contributed by atoms with van der Waals surface area (Å²) in [5.74, 6) is 0.223. The highest BCUT2D eigenvalue weighted by atomic mass is 16.4. The van der Waals surface area contributed by atoms with E-state index in [1.165, 1.54) is 24.8 Å². The van der Waals surface area contributed by atoms with Gasteiger partial charge in [-0.25, -0.2) is 0 Å². The lowest BCUT2D eigenvalue weighted by Gasteiger charge is -2.40. The molecule has 2 fully saturated rings. The van der Waals surface area contributed by atoms with Crippen molar-refractivity contribution >= 4 is 5.97 Å². The molecule has 0 aromatic heterocycles. The van der Waals surface area contributed by atoms with Gasteiger partial charge in [-0.2, -0.15) is 0 Å². The molecule has 0 aliphatic heterocycles. The predicted octanol–water partition coefficient (Wildman–Crippen LogP) is 2.84. The van der Waals surface area contributed by atoms with Gasteiger partial charge in [-0.05, 0) is 37.5 Å². The number of hydrogen-bond donors (Lipinski definition) is 1. The van der Waals surface area contributed by atoms with E-state index in [9.17, 15) is 4.79 Å². The number of carboxylic acids is 1. The molecule has 2 rings (SSSR count). The van der Waals surface area contributed by atoms with Gasteiger partial charge >= 0.3 is 5.97 Å². The van der Waals surface area contributed by atoms with E-state index in [-0.39, 0.29) is 5.92 Å². The molecule has 14 heavy (non-hydrogen) atoms. The molecule has 0 saturated heterocycles. The van der Waals surface area contributed by atoms with Crippen LogP contribution in [0.2, 0.25) is 0 Å². The average Bonchev–Trinajstić information content (AvgIpc) is 2.18. The fourth-order valence-corrected chi connectivity index (χ4v) is 3.20. The Bertz CT molecular complexity index is 255. The van der Waals surface area contributed by atoms with Gasteiger partial charge in [0.15, 0.2) is 0 Å². The first-order valence-corrected chi connectivity index (χ1v) is 5.60. The molecular weight excluding hydrogens is 176 g/mol. The summed E-state index contributed by atoms with van der Waals surface area (Å²) < 4.78 is 0. The molecule has 0 aromatic rings. The SMILES string of the molecule is C=C1CCC(C(=O)O)C2CCCCC12. The van der Waals surface area contributed by atoms with Crippen LogP contribution in [0, 0.1) is 17.8 Å². The molecule has 0 spiro atoms. The average molecular weight is 194 g/mol. The Kier molecular flexibility index (Phi) is 2.62. The zero-order valence-electron chi connectivity index (χ0n) is 8.54. The molecule has 2 saturated carbocycles. The van der Waals surface area contributed by atoms with Gasteiger partial charge in [0, 0.05) is 0 Å². The van der Waals surface area contributed by atoms with Gasteiger partial charge in [0.25, 0.3) is 0 Å². The van der Waals surface area contributed by atoms with Crippen LogP contribution in [0.25, 0.3) is 0 Å². The van der Waals surface area contributed by atoms with Crippen LogP contribution >= 0.6 is 0 Å². The van der Waals surface area contributed by atoms with Crippen molar-refractivity contribution in [2.24, 2.45) is 17.8 Å². The smallest absolute Gasteiger partial charge is 0.306 e. The van der Waals surface area contributed by atoms with Gasteiger partial charge in [0.1, 0.15) is 0 Å². The maximum Gasteiger partial charge on any atom is 0.306 e. The van der Waals surface area contributed by atoms with E-state index in [4.69, 9.17) is 5.11 Å². The van der Waals surface area contributed by atoms with Crippen LogP contribution in [-0.2, 0) is 4.79 Å². The van der Waals surface area contributed by atoms with E-state index < -0.39 is 5.97 Å². The van der Waals surface area contributed by atoms with E-state index in [2.05, 4.69) is 6.58 Å². The van der Waals surface area contributed by atoms with Crippen molar-refractivity contribution in [3.8, 4) is 0 Å². The number of rotatable bonds is 1. The molecule has 2 nitrogen and oxygen atoms in total. The third-order valence-electron chi connectivity index (χ3n) is 3.95. The first kappa shape index (κ1) is 9.75. The highest BCUT2D eigenvalue weighted by molar-refractivity contribution is 5.70. The van der Waals surface area contributed by atoms with E-state index in [1.54, 1.807) is 0 Å². The zero-order chi connectivity index (χ0) is 10.1. The maximum atomic E-state index is 11.1. The molecule has 78 valence electrons. The lowest BCUT2D eigenvalue weighted by atomic mass is 9.64. The van der Waals surface area contributed by atoms with Gasteiger partial charge in [-0.15, -0.1) is 0 Å². The maximum absolute atomic E-state index is 11.1. The number of carboxylic acid groups (broad SMARTS) is 1. The van der Waals surface area contributed by atoms with Crippen molar-refractivity contribution in [1.82, 2.24) is 0 Å². The van der Waals surface area contributed by atoms with Crippen LogP contribution in [-0.4, -0.2) is 11.1 Å². The summed E-state index contributed by atoms with van der Waals surface area (Å²) in [6.45, 7) is 4.10. The highest BCUT2D eigenvalue weighted by Crippen LogP contribution is 2.45. The van der Waals surface area contributed by atoms with Crippen LogP contribution in [0.4, 0.5) is 0 Å². The number of carbonyl (C=O) groups is 1. The van der Waals surface area contributed by atoms with Gasteiger partial charge in [-0.1, -0.05) is 25.0 Å². The molecule has 0 amide bonds. The van der Waals surface area contributed by atoms with Crippen LogP contribution < -0.4 is 0 Å². The second-order valence-electron chi connectivity index (χ2n) is 4.70. The van der Waals surface area contributed by atoms with Gasteiger partial charge < -0.3 is 5.11 Å². The molecule has 0 radical (unpaired) electrons. The summed E-state index contributed by atoms with van der Waals surface area (Å²) >= 11 is 0. The first-order valence-electron chi connectivity index (χ1n) is 5.60. The van der Waals surface area contributed by atoms with E-state index in [0.29, 0.717) is 11.8 Å². The van der Waals surface area contributed by atoms with Crippen LogP contribution in [0.3, 0.4) is 0 Å². The minimum atomic E-state index is -0.589. The third kappa shape index (κ3) is 1.58. The summed E-state index contributed by atoms with van der Waals surface area (Å²) in [5, 5.41) is 9.13. The lowest BCUT2D eigenvalue weighted by molar-refractivity contribution is -0.145. The van der Waals surface area contributed by atoms with Crippen molar-refractivity contribution in [3.05, 3.63) is 12.2 Å². The molecule has 0 bridgehead atoms. The third-order valence-corrected chi connectivity index (χ3v) is 3.95. The molecule has 3 atom stereocenters. The van der Waals surface area contributed by atoms with Crippen LogP contribution in [0.15, 0.2) is 12.2 Å². The van der Waals surface area contributed by atoms with Crippen LogP contribution in [0.5, 0.6) is 0 Å². The molecule has 2 aliphatic rings. The first-order chi connectivity index (χ1) is 6.70. The fourth-order valence-electron chi connectivity index (χ4n) is 3.20. The Morgan fingerprint density at radius 3 is 2.71 bits per heavy atom. The molecule has 1 N–H and O–H groups in total.